The van der Waals surface area contributed by atoms with Gasteiger partial charge in [-0.15, -0.1) is 11.3 Å². The summed E-state index contributed by atoms with van der Waals surface area (Å²) in [5.41, 5.74) is 1.26. The van der Waals surface area contributed by atoms with Crippen LogP contribution in [0, 0.1) is 6.92 Å². The molecule has 0 spiro atoms. The molecule has 0 N–H and O–H groups in total. The number of aryl methyl sites for hydroxylation is 2. The van der Waals surface area contributed by atoms with E-state index < -0.39 is 5.97 Å². The van der Waals surface area contributed by atoms with E-state index in [1.54, 1.807) is 16.4 Å². The number of thiophene rings is 1. The monoisotopic (exact) mass is 489 g/mol. The maximum atomic E-state index is 13.2. The Morgan fingerprint density at radius 2 is 1.91 bits per heavy atom. The number of benzene rings is 2. The van der Waals surface area contributed by atoms with Gasteiger partial charge in [-0.1, -0.05) is 42.8 Å². The Morgan fingerprint density at radius 3 is 2.74 bits per heavy atom. The standard InChI is InChI=1S/C27H27N3O4S/c1-3-29(20-13-9-11-18-10-6-7-12-19(18)20)22(31)16-34-27(33)24-17(2)23-25(35-24)28-21-14-5-4-8-15-30(21)26(23)32/h6-7,9-13H,3-5,8,14-16H2,1-2H3. The zero-order valence-electron chi connectivity index (χ0n) is 19.9. The van der Waals surface area contributed by atoms with E-state index in [2.05, 4.69) is 0 Å². The van der Waals surface area contributed by atoms with Gasteiger partial charge in [0.2, 0.25) is 0 Å². The number of hydrogen-bond donors (Lipinski definition) is 0. The second-order valence-electron chi connectivity index (χ2n) is 8.74. The normalized spacial score (nSPS) is 13.4. The van der Waals surface area contributed by atoms with Crippen molar-refractivity contribution in [2.75, 3.05) is 18.1 Å². The molecule has 1 amide bonds. The number of likely N-dealkylation sites (N-methyl/N-ethyl adjacent to an activating group) is 1. The van der Waals surface area contributed by atoms with E-state index in [9.17, 15) is 14.4 Å². The first-order chi connectivity index (χ1) is 17.0. The van der Waals surface area contributed by atoms with Gasteiger partial charge in [-0.3, -0.25) is 14.2 Å². The van der Waals surface area contributed by atoms with E-state index in [4.69, 9.17) is 9.72 Å². The Labute approximate surface area is 207 Å². The molecule has 35 heavy (non-hydrogen) atoms. The predicted molar refractivity (Wildman–Crippen MR) is 138 cm³/mol. The molecule has 0 bridgehead atoms. The fourth-order valence-electron chi connectivity index (χ4n) is 4.80. The number of anilines is 1. The Kier molecular flexibility index (Phi) is 6.38. The van der Waals surface area contributed by atoms with Crippen LogP contribution in [0.25, 0.3) is 21.0 Å². The third-order valence-electron chi connectivity index (χ3n) is 6.60. The predicted octanol–water partition coefficient (Wildman–Crippen LogP) is 4.86. The average Bonchev–Trinajstić information content (AvgIpc) is 3.03. The highest BCUT2D eigenvalue weighted by molar-refractivity contribution is 7.20. The van der Waals surface area contributed by atoms with E-state index >= 15 is 0 Å². The minimum Gasteiger partial charge on any atom is -0.451 e. The molecule has 1 aliphatic heterocycles. The van der Waals surface area contributed by atoms with Gasteiger partial charge in [-0.05, 0) is 43.7 Å². The van der Waals surface area contributed by atoms with Crippen molar-refractivity contribution in [1.82, 2.24) is 9.55 Å². The Morgan fingerprint density at radius 1 is 1.11 bits per heavy atom. The van der Waals surface area contributed by atoms with Crippen molar-refractivity contribution in [3.8, 4) is 0 Å². The Balaban J connectivity index is 1.38. The van der Waals surface area contributed by atoms with Gasteiger partial charge < -0.3 is 9.64 Å². The summed E-state index contributed by atoms with van der Waals surface area (Å²) in [4.78, 5) is 46.4. The van der Waals surface area contributed by atoms with Crippen LogP contribution in [0.15, 0.2) is 47.3 Å². The van der Waals surface area contributed by atoms with Crippen molar-refractivity contribution < 1.29 is 14.3 Å². The molecule has 4 aromatic rings. The van der Waals surface area contributed by atoms with Crippen LogP contribution >= 0.6 is 11.3 Å². The van der Waals surface area contributed by atoms with E-state index in [1.807, 2.05) is 49.4 Å². The van der Waals surface area contributed by atoms with Gasteiger partial charge in [0.05, 0.1) is 11.1 Å². The number of carbonyl (C=O) groups is 2. The lowest BCUT2D eigenvalue weighted by Gasteiger charge is -2.22. The van der Waals surface area contributed by atoms with Gasteiger partial charge in [0.15, 0.2) is 6.61 Å². The van der Waals surface area contributed by atoms with Crippen LogP contribution in [-0.4, -0.2) is 34.6 Å². The van der Waals surface area contributed by atoms with E-state index in [1.165, 1.54) is 11.3 Å². The van der Waals surface area contributed by atoms with Crippen molar-refractivity contribution in [3.05, 3.63) is 69.1 Å². The zero-order chi connectivity index (χ0) is 24.5. The number of carbonyl (C=O) groups excluding carboxylic acids is 2. The molecular weight excluding hydrogens is 462 g/mol. The lowest BCUT2D eigenvalue weighted by molar-refractivity contribution is -0.121. The number of nitrogens with zero attached hydrogens (tertiary/aromatic N) is 3. The van der Waals surface area contributed by atoms with Gasteiger partial charge >= 0.3 is 5.97 Å². The molecule has 0 aliphatic carbocycles. The van der Waals surface area contributed by atoms with Crippen LogP contribution in [0.1, 0.15) is 47.2 Å². The third-order valence-corrected chi connectivity index (χ3v) is 7.76. The van der Waals surface area contributed by atoms with Gasteiger partial charge in [0.1, 0.15) is 15.5 Å². The highest BCUT2D eigenvalue weighted by Gasteiger charge is 2.24. The summed E-state index contributed by atoms with van der Waals surface area (Å²) in [6.45, 7) is 4.35. The van der Waals surface area contributed by atoms with Crippen LogP contribution in [-0.2, 0) is 22.5 Å². The maximum Gasteiger partial charge on any atom is 0.349 e. The van der Waals surface area contributed by atoms with Crippen LogP contribution < -0.4 is 10.5 Å². The molecule has 0 saturated heterocycles. The van der Waals surface area contributed by atoms with Crippen molar-refractivity contribution >= 4 is 49.9 Å². The molecule has 0 fully saturated rings. The van der Waals surface area contributed by atoms with Crippen LogP contribution in [0.4, 0.5) is 5.69 Å². The fraction of sp³-hybridized carbons (Fsp3) is 0.333. The summed E-state index contributed by atoms with van der Waals surface area (Å²) in [7, 11) is 0. The molecule has 0 saturated carbocycles. The summed E-state index contributed by atoms with van der Waals surface area (Å²) in [5, 5.41) is 2.47. The lowest BCUT2D eigenvalue weighted by atomic mass is 10.1. The molecule has 0 radical (unpaired) electrons. The third kappa shape index (κ3) is 4.23. The van der Waals surface area contributed by atoms with Crippen molar-refractivity contribution in [3.63, 3.8) is 0 Å². The van der Waals surface area contributed by atoms with Crippen LogP contribution in [0.2, 0.25) is 0 Å². The second-order valence-corrected chi connectivity index (χ2v) is 9.74. The number of amides is 1. The van der Waals surface area contributed by atoms with E-state index in [0.29, 0.717) is 33.7 Å². The largest absolute Gasteiger partial charge is 0.451 e. The molecule has 7 nitrogen and oxygen atoms in total. The number of esters is 1. The maximum absolute atomic E-state index is 13.2. The molecule has 0 atom stereocenters. The molecular formula is C27H27N3O4S. The number of ether oxygens (including phenoxy) is 1. The Bertz CT molecular complexity index is 1500. The van der Waals surface area contributed by atoms with Crippen LogP contribution in [0.5, 0.6) is 0 Å². The minimum atomic E-state index is -0.604. The lowest BCUT2D eigenvalue weighted by Crippen LogP contribution is -2.34. The average molecular weight is 490 g/mol. The number of fused-ring (bicyclic) bond motifs is 3. The number of rotatable bonds is 5. The highest BCUT2D eigenvalue weighted by Crippen LogP contribution is 2.30. The van der Waals surface area contributed by atoms with Crippen molar-refractivity contribution in [2.45, 2.75) is 46.1 Å². The molecule has 0 unspecified atom stereocenters. The first kappa shape index (κ1) is 23.2. The van der Waals surface area contributed by atoms with Crippen LogP contribution in [0.3, 0.4) is 0 Å². The first-order valence-electron chi connectivity index (χ1n) is 12.0. The number of hydrogen-bond acceptors (Lipinski definition) is 6. The fourth-order valence-corrected chi connectivity index (χ4v) is 5.88. The van der Waals surface area contributed by atoms with E-state index in [-0.39, 0.29) is 18.1 Å². The molecule has 2 aromatic heterocycles. The van der Waals surface area contributed by atoms with Gasteiger partial charge in [0.25, 0.3) is 11.5 Å². The SMILES string of the molecule is CCN(C(=O)COC(=O)c1sc2nc3n(c(=O)c2c1C)CCCCC3)c1cccc2ccccc12. The quantitative estimate of drug-likeness (QED) is 0.374. The topological polar surface area (TPSA) is 81.5 Å². The summed E-state index contributed by atoms with van der Waals surface area (Å²) in [6, 6.07) is 13.7. The van der Waals surface area contributed by atoms with Gasteiger partial charge in [0, 0.05) is 24.9 Å². The van der Waals surface area contributed by atoms with Gasteiger partial charge in [-0.2, -0.15) is 0 Å². The zero-order valence-corrected chi connectivity index (χ0v) is 20.7. The first-order valence-corrected chi connectivity index (χ1v) is 12.8. The Hall–Kier alpha value is -3.52. The summed E-state index contributed by atoms with van der Waals surface area (Å²) in [5.74, 6) is -0.127. The molecule has 8 heteroatoms. The molecule has 2 aromatic carbocycles. The summed E-state index contributed by atoms with van der Waals surface area (Å²) < 4.78 is 7.19. The molecule has 5 rings (SSSR count). The second kappa shape index (κ2) is 9.62. The summed E-state index contributed by atoms with van der Waals surface area (Å²) in [6.07, 6.45) is 3.79. The number of aromatic nitrogens is 2. The molecule has 180 valence electrons. The highest BCUT2D eigenvalue weighted by atomic mass is 32.1. The minimum absolute atomic E-state index is 0.0936. The molecule has 3 heterocycles. The van der Waals surface area contributed by atoms with Gasteiger partial charge in [-0.25, -0.2) is 9.78 Å². The van der Waals surface area contributed by atoms with E-state index in [0.717, 1.165) is 48.0 Å². The van der Waals surface area contributed by atoms with Crippen molar-refractivity contribution in [1.29, 1.82) is 0 Å². The smallest absolute Gasteiger partial charge is 0.349 e. The molecule has 1 aliphatic rings. The van der Waals surface area contributed by atoms with Crippen molar-refractivity contribution in [2.24, 2.45) is 0 Å². The summed E-state index contributed by atoms with van der Waals surface area (Å²) >= 11 is 1.17.